The lowest BCUT2D eigenvalue weighted by Gasteiger charge is -2.29. The first-order chi connectivity index (χ1) is 9.83. The summed E-state index contributed by atoms with van der Waals surface area (Å²) in [5.74, 6) is 0. The fourth-order valence-corrected chi connectivity index (χ4v) is 3.29. The lowest BCUT2D eigenvalue weighted by Crippen LogP contribution is -2.40. The van der Waals surface area contributed by atoms with Crippen LogP contribution in [0.4, 0.5) is 0 Å². The zero-order chi connectivity index (χ0) is 13.8. The van der Waals surface area contributed by atoms with E-state index < -0.39 is 0 Å². The Morgan fingerprint density at radius 1 is 1.15 bits per heavy atom. The zero-order valence-corrected chi connectivity index (χ0v) is 12.7. The van der Waals surface area contributed by atoms with E-state index in [9.17, 15) is 0 Å². The summed E-state index contributed by atoms with van der Waals surface area (Å²) < 4.78 is 5.38. The molecular formula is C16H22N2OS. The molecule has 1 N–H and O–H groups in total. The van der Waals surface area contributed by atoms with Gasteiger partial charge in [0.05, 0.1) is 18.2 Å². The number of nitrogens with zero attached hydrogens (tertiary/aromatic N) is 1. The van der Waals surface area contributed by atoms with E-state index in [0.717, 1.165) is 63.6 Å². The van der Waals surface area contributed by atoms with Crippen LogP contribution in [0, 0.1) is 0 Å². The third kappa shape index (κ3) is 3.37. The average Bonchev–Trinajstić information content (AvgIpc) is 2.73. The molecule has 0 spiro atoms. The normalized spacial score (nSPS) is 19.3. The minimum absolute atomic E-state index is 0.802. The Kier molecular flexibility index (Phi) is 4.65. The van der Waals surface area contributed by atoms with Crippen LogP contribution in [0.5, 0.6) is 0 Å². The standard InChI is InChI=1S/C16H22N2OS/c20-16(18-7-9-19-10-8-18)12-13-1-2-14-3-5-17-6-4-15(14)11-13/h1-2,11,17H,3-10,12H2. The average molecular weight is 290 g/mol. The van der Waals surface area contributed by atoms with Gasteiger partial charge >= 0.3 is 0 Å². The van der Waals surface area contributed by atoms with Gasteiger partial charge in [0.15, 0.2) is 0 Å². The van der Waals surface area contributed by atoms with Gasteiger partial charge in [0.1, 0.15) is 0 Å². The second-order valence-electron chi connectivity index (χ2n) is 5.52. The van der Waals surface area contributed by atoms with Crippen molar-refractivity contribution in [3.05, 3.63) is 34.9 Å². The molecule has 3 rings (SSSR count). The highest BCUT2D eigenvalue weighted by Crippen LogP contribution is 2.17. The molecule has 1 aromatic rings. The topological polar surface area (TPSA) is 24.5 Å². The second-order valence-corrected chi connectivity index (χ2v) is 5.99. The molecule has 0 aliphatic carbocycles. The number of thiocarbonyl (C=S) groups is 1. The molecule has 1 saturated heterocycles. The van der Waals surface area contributed by atoms with E-state index in [1.165, 1.54) is 16.7 Å². The third-order valence-electron chi connectivity index (χ3n) is 4.13. The Balaban J connectivity index is 1.68. The number of hydrogen-bond acceptors (Lipinski definition) is 3. The maximum absolute atomic E-state index is 5.60. The minimum atomic E-state index is 0.802. The molecule has 0 atom stereocenters. The van der Waals surface area contributed by atoms with Crippen molar-refractivity contribution in [1.82, 2.24) is 10.2 Å². The lowest BCUT2D eigenvalue weighted by atomic mass is 9.98. The predicted molar refractivity (Wildman–Crippen MR) is 85.4 cm³/mol. The Morgan fingerprint density at radius 2 is 1.90 bits per heavy atom. The molecule has 0 amide bonds. The van der Waals surface area contributed by atoms with E-state index in [4.69, 9.17) is 17.0 Å². The number of benzene rings is 1. The quantitative estimate of drug-likeness (QED) is 0.836. The summed E-state index contributed by atoms with van der Waals surface area (Å²) in [5, 5.41) is 3.46. The van der Waals surface area contributed by atoms with Crippen molar-refractivity contribution in [2.45, 2.75) is 19.3 Å². The Bertz CT molecular complexity index is 483. The van der Waals surface area contributed by atoms with Crippen molar-refractivity contribution < 1.29 is 4.74 Å². The van der Waals surface area contributed by atoms with Crippen LogP contribution >= 0.6 is 12.2 Å². The molecule has 1 fully saturated rings. The number of nitrogens with one attached hydrogen (secondary N) is 1. The summed E-state index contributed by atoms with van der Waals surface area (Å²) in [7, 11) is 0. The van der Waals surface area contributed by atoms with Crippen molar-refractivity contribution in [2.75, 3.05) is 39.4 Å². The van der Waals surface area contributed by atoms with Crippen LogP contribution in [-0.4, -0.2) is 49.3 Å². The molecule has 0 aromatic heterocycles. The second kappa shape index (κ2) is 6.66. The van der Waals surface area contributed by atoms with E-state index in [1.54, 1.807) is 0 Å². The molecule has 3 nitrogen and oxygen atoms in total. The fraction of sp³-hybridized carbons (Fsp3) is 0.562. The smallest absolute Gasteiger partial charge is 0.0825 e. The van der Waals surface area contributed by atoms with Crippen molar-refractivity contribution >= 4 is 17.2 Å². The number of hydrogen-bond donors (Lipinski definition) is 1. The van der Waals surface area contributed by atoms with E-state index in [-0.39, 0.29) is 0 Å². The summed E-state index contributed by atoms with van der Waals surface area (Å²) in [6, 6.07) is 6.89. The van der Waals surface area contributed by atoms with E-state index in [1.807, 2.05) is 0 Å². The van der Waals surface area contributed by atoms with Crippen LogP contribution in [-0.2, 0) is 24.0 Å². The van der Waals surface area contributed by atoms with E-state index in [0.29, 0.717) is 0 Å². The predicted octanol–water partition coefficient (Wildman–Crippen LogP) is 1.58. The zero-order valence-electron chi connectivity index (χ0n) is 11.9. The molecule has 0 radical (unpaired) electrons. The number of fused-ring (bicyclic) bond motifs is 1. The van der Waals surface area contributed by atoms with Crippen molar-refractivity contribution in [2.24, 2.45) is 0 Å². The first-order valence-electron chi connectivity index (χ1n) is 7.50. The molecule has 2 aliphatic rings. The molecule has 0 unspecified atom stereocenters. The molecule has 2 aliphatic heterocycles. The van der Waals surface area contributed by atoms with Gasteiger partial charge < -0.3 is 15.0 Å². The molecule has 2 heterocycles. The SMILES string of the molecule is S=C(Cc1ccc2c(c1)CCNCC2)N1CCOCC1. The summed E-state index contributed by atoms with van der Waals surface area (Å²) in [6.45, 7) is 5.66. The first kappa shape index (κ1) is 14.0. The van der Waals surface area contributed by atoms with Gasteiger partial charge in [-0.15, -0.1) is 0 Å². The summed E-state index contributed by atoms with van der Waals surface area (Å²) >= 11 is 5.60. The Labute approximate surface area is 126 Å². The molecular weight excluding hydrogens is 268 g/mol. The summed E-state index contributed by atoms with van der Waals surface area (Å²) in [4.78, 5) is 3.34. The lowest BCUT2D eigenvalue weighted by molar-refractivity contribution is 0.0684. The monoisotopic (exact) mass is 290 g/mol. The highest BCUT2D eigenvalue weighted by atomic mass is 32.1. The van der Waals surface area contributed by atoms with Crippen molar-refractivity contribution in [1.29, 1.82) is 0 Å². The largest absolute Gasteiger partial charge is 0.378 e. The number of morpholine rings is 1. The number of ether oxygens (including phenoxy) is 1. The molecule has 20 heavy (non-hydrogen) atoms. The number of rotatable bonds is 2. The van der Waals surface area contributed by atoms with Crippen LogP contribution < -0.4 is 5.32 Å². The van der Waals surface area contributed by atoms with Crippen LogP contribution in [0.15, 0.2) is 18.2 Å². The van der Waals surface area contributed by atoms with Gasteiger partial charge in [-0.3, -0.25) is 0 Å². The van der Waals surface area contributed by atoms with Crippen molar-refractivity contribution in [3.63, 3.8) is 0 Å². The third-order valence-corrected chi connectivity index (χ3v) is 4.53. The first-order valence-corrected chi connectivity index (χ1v) is 7.91. The van der Waals surface area contributed by atoms with Gasteiger partial charge in [0.25, 0.3) is 0 Å². The van der Waals surface area contributed by atoms with E-state index in [2.05, 4.69) is 28.4 Å². The van der Waals surface area contributed by atoms with Crippen LogP contribution in [0.3, 0.4) is 0 Å². The molecule has 1 aromatic carbocycles. The molecule has 0 saturated carbocycles. The summed E-state index contributed by atoms with van der Waals surface area (Å²) in [5.41, 5.74) is 4.34. The molecule has 108 valence electrons. The van der Waals surface area contributed by atoms with Crippen LogP contribution in [0.2, 0.25) is 0 Å². The van der Waals surface area contributed by atoms with Gasteiger partial charge in [-0.1, -0.05) is 30.4 Å². The highest BCUT2D eigenvalue weighted by molar-refractivity contribution is 7.80. The maximum atomic E-state index is 5.60. The van der Waals surface area contributed by atoms with Gasteiger partial charge in [-0.05, 0) is 42.6 Å². The van der Waals surface area contributed by atoms with Crippen LogP contribution in [0.1, 0.15) is 16.7 Å². The van der Waals surface area contributed by atoms with Crippen molar-refractivity contribution in [3.8, 4) is 0 Å². The Morgan fingerprint density at radius 3 is 2.70 bits per heavy atom. The fourth-order valence-electron chi connectivity index (χ4n) is 2.94. The molecule has 0 bridgehead atoms. The molecule has 4 heteroatoms. The van der Waals surface area contributed by atoms with Gasteiger partial charge in [-0.2, -0.15) is 0 Å². The highest BCUT2D eigenvalue weighted by Gasteiger charge is 2.15. The maximum Gasteiger partial charge on any atom is 0.0825 e. The van der Waals surface area contributed by atoms with E-state index >= 15 is 0 Å². The van der Waals surface area contributed by atoms with Gasteiger partial charge in [0.2, 0.25) is 0 Å². The summed E-state index contributed by atoms with van der Waals surface area (Å²) in [6.07, 6.45) is 3.16. The van der Waals surface area contributed by atoms with Crippen LogP contribution in [0.25, 0.3) is 0 Å². The van der Waals surface area contributed by atoms with Gasteiger partial charge in [0, 0.05) is 19.5 Å². The van der Waals surface area contributed by atoms with Gasteiger partial charge in [-0.25, -0.2) is 0 Å². The Hall–Kier alpha value is -0.970. The minimum Gasteiger partial charge on any atom is -0.378 e.